The Morgan fingerprint density at radius 1 is 1.27 bits per heavy atom. The third kappa shape index (κ3) is 2.14. The first-order valence-corrected chi connectivity index (χ1v) is 4.76. The maximum absolute atomic E-state index is 12.9. The van der Waals surface area contributed by atoms with Gasteiger partial charge in [-0.3, -0.25) is 4.79 Å². The van der Waals surface area contributed by atoms with Crippen LogP contribution in [0.4, 0.5) is 8.78 Å². The predicted octanol–water partition coefficient (Wildman–Crippen LogP) is 2.54. The number of carbonyl (C=O) groups is 1. The van der Waals surface area contributed by atoms with E-state index in [0.717, 1.165) is 31.0 Å². The second-order valence-electron chi connectivity index (χ2n) is 3.86. The number of hydrogen-bond donors (Lipinski definition) is 1. The molecule has 2 nitrogen and oxygen atoms in total. The van der Waals surface area contributed by atoms with E-state index in [0.29, 0.717) is 0 Å². The molecule has 15 heavy (non-hydrogen) atoms. The summed E-state index contributed by atoms with van der Waals surface area (Å²) < 4.78 is 25.8. The quantitative estimate of drug-likeness (QED) is 0.835. The Labute approximate surface area is 85.5 Å². The molecule has 1 aromatic carbocycles. The molecule has 2 rings (SSSR count). The summed E-state index contributed by atoms with van der Waals surface area (Å²) in [6.45, 7) is 0. The van der Waals surface area contributed by atoms with Crippen molar-refractivity contribution in [3.8, 4) is 0 Å². The fraction of sp³-hybridized carbons (Fsp3) is 0.364. The molecule has 0 heterocycles. The number of aliphatic carboxylic acids is 1. The van der Waals surface area contributed by atoms with Crippen molar-refractivity contribution in [1.29, 1.82) is 0 Å². The first-order chi connectivity index (χ1) is 7.08. The van der Waals surface area contributed by atoms with E-state index in [-0.39, 0.29) is 11.5 Å². The van der Waals surface area contributed by atoms with Crippen molar-refractivity contribution in [1.82, 2.24) is 0 Å². The summed E-state index contributed by atoms with van der Waals surface area (Å²) in [6, 6.07) is 2.94. The molecule has 1 N–H and O–H groups in total. The van der Waals surface area contributed by atoms with Gasteiger partial charge >= 0.3 is 5.97 Å². The molecule has 80 valence electrons. The Morgan fingerprint density at radius 2 is 1.80 bits per heavy atom. The van der Waals surface area contributed by atoms with Gasteiger partial charge < -0.3 is 5.11 Å². The Balaban J connectivity index is 2.36. The minimum absolute atomic E-state index is 0.0312. The Bertz CT molecular complexity index is 379. The molecule has 1 aliphatic carbocycles. The van der Waals surface area contributed by atoms with Crippen LogP contribution in [-0.4, -0.2) is 11.1 Å². The van der Waals surface area contributed by atoms with Gasteiger partial charge in [0.15, 0.2) is 0 Å². The van der Waals surface area contributed by atoms with Gasteiger partial charge in [0, 0.05) is 6.07 Å². The zero-order valence-corrected chi connectivity index (χ0v) is 7.91. The molecule has 1 aliphatic rings. The summed E-state index contributed by atoms with van der Waals surface area (Å²) in [4.78, 5) is 11.0. The lowest BCUT2D eigenvalue weighted by atomic mass is 9.94. The van der Waals surface area contributed by atoms with Gasteiger partial charge in [0.05, 0.1) is 5.92 Å². The van der Waals surface area contributed by atoms with E-state index in [4.69, 9.17) is 5.11 Å². The van der Waals surface area contributed by atoms with Crippen LogP contribution in [0.25, 0.3) is 0 Å². The van der Waals surface area contributed by atoms with Crippen LogP contribution in [0.5, 0.6) is 0 Å². The van der Waals surface area contributed by atoms with Gasteiger partial charge in [0.2, 0.25) is 0 Å². The van der Waals surface area contributed by atoms with Crippen LogP contribution in [0.3, 0.4) is 0 Å². The second kappa shape index (κ2) is 3.61. The molecule has 1 atom stereocenters. The van der Waals surface area contributed by atoms with Gasteiger partial charge in [-0.1, -0.05) is 0 Å². The minimum atomic E-state index is -1.01. The zero-order chi connectivity index (χ0) is 11.0. The molecular weight excluding hydrogens is 202 g/mol. The highest BCUT2D eigenvalue weighted by molar-refractivity contribution is 5.77. The van der Waals surface area contributed by atoms with Crippen LogP contribution in [0.2, 0.25) is 0 Å². The first kappa shape index (κ1) is 10.1. The zero-order valence-electron chi connectivity index (χ0n) is 7.91. The molecule has 1 unspecified atom stereocenters. The topological polar surface area (TPSA) is 37.3 Å². The summed E-state index contributed by atoms with van der Waals surface area (Å²) in [5.41, 5.74) is 0.225. The number of carboxylic acid groups (broad SMARTS) is 1. The molecule has 1 aromatic rings. The molecule has 0 saturated heterocycles. The monoisotopic (exact) mass is 212 g/mol. The molecular formula is C11H10F2O2. The van der Waals surface area contributed by atoms with Gasteiger partial charge in [-0.15, -0.1) is 0 Å². The number of halogens is 2. The molecule has 0 radical (unpaired) electrons. The van der Waals surface area contributed by atoms with E-state index in [1.165, 1.54) is 0 Å². The van der Waals surface area contributed by atoms with Gasteiger partial charge in [0.1, 0.15) is 11.6 Å². The average Bonchev–Trinajstić information content (AvgIpc) is 2.85. The van der Waals surface area contributed by atoms with Gasteiger partial charge in [-0.25, -0.2) is 8.78 Å². The fourth-order valence-electron chi connectivity index (χ4n) is 1.80. The van der Waals surface area contributed by atoms with Crippen molar-refractivity contribution in [2.45, 2.75) is 18.8 Å². The number of rotatable bonds is 3. The van der Waals surface area contributed by atoms with Crippen molar-refractivity contribution in [2.75, 3.05) is 0 Å². The molecule has 1 saturated carbocycles. The summed E-state index contributed by atoms with van der Waals surface area (Å²) in [5.74, 6) is -3.20. The van der Waals surface area contributed by atoms with Crippen molar-refractivity contribution in [3.05, 3.63) is 35.4 Å². The lowest BCUT2D eigenvalue weighted by Gasteiger charge is -2.11. The largest absolute Gasteiger partial charge is 0.481 e. The summed E-state index contributed by atoms with van der Waals surface area (Å²) >= 11 is 0. The highest BCUT2D eigenvalue weighted by Crippen LogP contribution is 2.42. The SMILES string of the molecule is O=C(O)C(c1cc(F)cc(F)c1)C1CC1. The van der Waals surface area contributed by atoms with Crippen LogP contribution in [0, 0.1) is 17.6 Å². The fourth-order valence-corrected chi connectivity index (χ4v) is 1.80. The number of benzene rings is 1. The maximum atomic E-state index is 12.9. The Kier molecular flexibility index (Phi) is 2.42. The van der Waals surface area contributed by atoms with E-state index in [9.17, 15) is 13.6 Å². The summed E-state index contributed by atoms with van der Waals surface area (Å²) in [5, 5.41) is 8.97. The molecule has 1 fully saturated rings. The normalized spacial score (nSPS) is 17.5. The predicted molar refractivity (Wildman–Crippen MR) is 49.5 cm³/mol. The van der Waals surface area contributed by atoms with E-state index in [2.05, 4.69) is 0 Å². The van der Waals surface area contributed by atoms with E-state index in [1.807, 2.05) is 0 Å². The molecule has 0 bridgehead atoms. The van der Waals surface area contributed by atoms with Gasteiger partial charge in [-0.2, -0.15) is 0 Å². The molecule has 0 amide bonds. The molecule has 4 heteroatoms. The van der Waals surface area contributed by atoms with E-state index in [1.54, 1.807) is 0 Å². The number of hydrogen-bond acceptors (Lipinski definition) is 1. The van der Waals surface area contributed by atoms with Gasteiger partial charge in [-0.05, 0) is 36.5 Å². The standard InChI is InChI=1S/C11H10F2O2/c12-8-3-7(4-9(13)5-8)10(11(14)15)6-1-2-6/h3-6,10H,1-2H2,(H,14,15). The number of carboxylic acids is 1. The second-order valence-corrected chi connectivity index (χ2v) is 3.86. The summed E-state index contributed by atoms with van der Waals surface area (Å²) in [6.07, 6.45) is 1.63. The van der Waals surface area contributed by atoms with Crippen molar-refractivity contribution in [3.63, 3.8) is 0 Å². The van der Waals surface area contributed by atoms with Crippen LogP contribution in [0.15, 0.2) is 18.2 Å². The van der Waals surface area contributed by atoms with Crippen LogP contribution in [-0.2, 0) is 4.79 Å². The van der Waals surface area contributed by atoms with Crippen LogP contribution >= 0.6 is 0 Å². The molecule has 0 aromatic heterocycles. The third-order valence-corrected chi connectivity index (χ3v) is 2.60. The van der Waals surface area contributed by atoms with E-state index >= 15 is 0 Å². The van der Waals surface area contributed by atoms with Crippen molar-refractivity contribution < 1.29 is 18.7 Å². The summed E-state index contributed by atoms with van der Waals surface area (Å²) in [7, 11) is 0. The lowest BCUT2D eigenvalue weighted by Crippen LogP contribution is -2.14. The first-order valence-electron chi connectivity index (χ1n) is 4.76. The minimum Gasteiger partial charge on any atom is -0.481 e. The molecule has 0 aliphatic heterocycles. The van der Waals surface area contributed by atoms with E-state index < -0.39 is 23.5 Å². The smallest absolute Gasteiger partial charge is 0.311 e. The lowest BCUT2D eigenvalue weighted by molar-refractivity contribution is -0.139. The average molecular weight is 212 g/mol. The third-order valence-electron chi connectivity index (χ3n) is 2.60. The van der Waals surface area contributed by atoms with Crippen LogP contribution < -0.4 is 0 Å². The van der Waals surface area contributed by atoms with Crippen LogP contribution in [0.1, 0.15) is 24.3 Å². The van der Waals surface area contributed by atoms with Crippen molar-refractivity contribution >= 4 is 5.97 Å². The molecule has 0 spiro atoms. The highest BCUT2D eigenvalue weighted by atomic mass is 19.1. The maximum Gasteiger partial charge on any atom is 0.311 e. The van der Waals surface area contributed by atoms with Gasteiger partial charge in [0.25, 0.3) is 0 Å². The Hall–Kier alpha value is -1.45. The Morgan fingerprint density at radius 3 is 2.20 bits per heavy atom. The highest BCUT2D eigenvalue weighted by Gasteiger charge is 2.37. The van der Waals surface area contributed by atoms with Crippen molar-refractivity contribution in [2.24, 2.45) is 5.92 Å².